The molecule has 0 bridgehead atoms. The van der Waals surface area contributed by atoms with Crippen molar-refractivity contribution in [3.8, 4) is 0 Å². The Morgan fingerprint density at radius 3 is 2.68 bits per heavy atom. The summed E-state index contributed by atoms with van der Waals surface area (Å²) in [5, 5.41) is 2.86. The minimum absolute atomic E-state index is 0.00517. The molecule has 1 N–H and O–H groups in total. The fourth-order valence-electron chi connectivity index (χ4n) is 2.81. The van der Waals surface area contributed by atoms with Gasteiger partial charge >= 0.3 is 0 Å². The first-order valence-corrected chi connectivity index (χ1v) is 10.1. The van der Waals surface area contributed by atoms with Crippen molar-refractivity contribution in [2.45, 2.75) is 39.2 Å². The van der Waals surface area contributed by atoms with E-state index in [0.29, 0.717) is 36.7 Å². The van der Waals surface area contributed by atoms with Crippen molar-refractivity contribution in [1.29, 1.82) is 0 Å². The van der Waals surface area contributed by atoms with E-state index in [9.17, 15) is 13.2 Å². The maximum atomic E-state index is 12.5. The van der Waals surface area contributed by atoms with Crippen LogP contribution in [0.1, 0.15) is 49.2 Å². The Bertz CT molecular complexity index is 733. The SMILES string of the molecule is CCS(=O)(=O)N1CCC(c2nc(N(C)C)ncc2C(=O)NC(C)C)C1. The molecule has 0 aromatic carbocycles. The van der Waals surface area contributed by atoms with E-state index in [4.69, 9.17) is 0 Å². The van der Waals surface area contributed by atoms with Gasteiger partial charge in [-0.3, -0.25) is 4.79 Å². The molecule has 9 heteroatoms. The number of sulfonamides is 1. The zero-order valence-electron chi connectivity index (χ0n) is 15.5. The number of rotatable bonds is 6. The quantitative estimate of drug-likeness (QED) is 0.798. The first kappa shape index (κ1) is 19.6. The Morgan fingerprint density at radius 1 is 1.44 bits per heavy atom. The van der Waals surface area contributed by atoms with Gasteiger partial charge in [-0.05, 0) is 27.2 Å². The molecular weight excluding hydrogens is 342 g/mol. The molecule has 1 aromatic rings. The maximum absolute atomic E-state index is 12.5. The highest BCUT2D eigenvalue weighted by molar-refractivity contribution is 7.89. The number of nitrogens with zero attached hydrogens (tertiary/aromatic N) is 4. The molecule has 1 fully saturated rings. The summed E-state index contributed by atoms with van der Waals surface area (Å²) >= 11 is 0. The van der Waals surface area contributed by atoms with Crippen LogP contribution in [0.2, 0.25) is 0 Å². The molecule has 1 atom stereocenters. The van der Waals surface area contributed by atoms with Crippen LogP contribution < -0.4 is 10.2 Å². The molecule has 1 amide bonds. The van der Waals surface area contributed by atoms with E-state index in [1.165, 1.54) is 10.5 Å². The van der Waals surface area contributed by atoms with Gasteiger partial charge in [0.15, 0.2) is 0 Å². The largest absolute Gasteiger partial charge is 0.350 e. The smallest absolute Gasteiger partial charge is 0.254 e. The van der Waals surface area contributed by atoms with E-state index in [0.717, 1.165) is 0 Å². The number of carbonyl (C=O) groups excluding carboxylic acids is 1. The molecule has 1 saturated heterocycles. The predicted octanol–water partition coefficient (Wildman–Crippen LogP) is 0.820. The molecule has 140 valence electrons. The Hall–Kier alpha value is -1.74. The number of carbonyl (C=O) groups is 1. The van der Waals surface area contributed by atoms with Crippen molar-refractivity contribution < 1.29 is 13.2 Å². The molecule has 0 aliphatic carbocycles. The van der Waals surface area contributed by atoms with E-state index in [1.54, 1.807) is 11.8 Å². The summed E-state index contributed by atoms with van der Waals surface area (Å²) in [4.78, 5) is 23.1. The Balaban J connectivity index is 2.37. The van der Waals surface area contributed by atoms with Crippen LogP contribution in [0.5, 0.6) is 0 Å². The fourth-order valence-corrected chi connectivity index (χ4v) is 3.97. The monoisotopic (exact) mass is 369 g/mol. The molecule has 0 radical (unpaired) electrons. The van der Waals surface area contributed by atoms with Crippen LogP contribution >= 0.6 is 0 Å². The van der Waals surface area contributed by atoms with Crippen molar-refractivity contribution in [2.75, 3.05) is 37.8 Å². The molecule has 1 aliphatic rings. The molecule has 1 aliphatic heterocycles. The zero-order chi connectivity index (χ0) is 18.8. The van der Waals surface area contributed by atoms with Crippen LogP contribution in [0.15, 0.2) is 6.20 Å². The second-order valence-corrected chi connectivity index (χ2v) is 8.99. The average Bonchev–Trinajstić information content (AvgIpc) is 3.04. The molecule has 1 unspecified atom stereocenters. The lowest BCUT2D eigenvalue weighted by Crippen LogP contribution is -2.33. The lowest BCUT2D eigenvalue weighted by atomic mass is 9.99. The molecule has 2 heterocycles. The second-order valence-electron chi connectivity index (χ2n) is 6.74. The average molecular weight is 369 g/mol. The van der Waals surface area contributed by atoms with Gasteiger partial charge in [0.25, 0.3) is 5.91 Å². The van der Waals surface area contributed by atoms with E-state index in [2.05, 4.69) is 15.3 Å². The molecule has 25 heavy (non-hydrogen) atoms. The Morgan fingerprint density at radius 2 is 2.12 bits per heavy atom. The van der Waals surface area contributed by atoms with E-state index in [1.807, 2.05) is 27.9 Å². The molecule has 1 aromatic heterocycles. The van der Waals surface area contributed by atoms with E-state index in [-0.39, 0.29) is 23.6 Å². The van der Waals surface area contributed by atoms with E-state index < -0.39 is 10.0 Å². The van der Waals surface area contributed by atoms with Gasteiger partial charge in [-0.2, -0.15) is 0 Å². The highest BCUT2D eigenvalue weighted by Gasteiger charge is 2.34. The number of anilines is 1. The van der Waals surface area contributed by atoms with Crippen LogP contribution in [0, 0.1) is 0 Å². The molecule has 2 rings (SSSR count). The van der Waals surface area contributed by atoms with Gasteiger partial charge in [-0.15, -0.1) is 0 Å². The van der Waals surface area contributed by atoms with Gasteiger partial charge in [0.2, 0.25) is 16.0 Å². The number of hydrogen-bond donors (Lipinski definition) is 1. The first-order valence-electron chi connectivity index (χ1n) is 8.48. The third-order valence-corrected chi connectivity index (χ3v) is 6.01. The Kier molecular flexibility index (Phi) is 5.99. The summed E-state index contributed by atoms with van der Waals surface area (Å²) in [6.07, 6.45) is 2.18. The lowest BCUT2D eigenvalue weighted by molar-refractivity contribution is 0.0941. The van der Waals surface area contributed by atoms with Crippen molar-refractivity contribution >= 4 is 21.9 Å². The fraction of sp³-hybridized carbons (Fsp3) is 0.688. The Labute approximate surface area is 149 Å². The van der Waals surface area contributed by atoms with Crippen molar-refractivity contribution in [2.24, 2.45) is 0 Å². The molecular formula is C16H27N5O3S. The van der Waals surface area contributed by atoms with Crippen LogP contribution in [-0.4, -0.2) is 67.6 Å². The molecule has 0 saturated carbocycles. The summed E-state index contributed by atoms with van der Waals surface area (Å²) < 4.78 is 25.7. The van der Waals surface area contributed by atoms with Gasteiger partial charge in [0.1, 0.15) is 0 Å². The standard InChI is InChI=1S/C16H27N5O3S/c1-6-25(23,24)21-8-7-12(10-21)14-13(15(22)18-11(2)3)9-17-16(19-14)20(4)5/h9,11-12H,6-8,10H2,1-5H3,(H,18,22). The van der Waals surface area contributed by atoms with Crippen LogP contribution in [0.4, 0.5) is 5.95 Å². The third-order valence-electron chi connectivity index (χ3n) is 4.17. The normalized spacial score (nSPS) is 18.6. The van der Waals surface area contributed by atoms with Crippen molar-refractivity contribution in [1.82, 2.24) is 19.6 Å². The summed E-state index contributed by atoms with van der Waals surface area (Å²) in [6, 6.07) is -0.00517. The van der Waals surface area contributed by atoms with Crippen molar-refractivity contribution in [3.05, 3.63) is 17.5 Å². The second kappa shape index (κ2) is 7.65. The number of amides is 1. The highest BCUT2D eigenvalue weighted by atomic mass is 32.2. The van der Waals surface area contributed by atoms with E-state index >= 15 is 0 Å². The van der Waals surface area contributed by atoms with Crippen LogP contribution in [0.25, 0.3) is 0 Å². The van der Waals surface area contributed by atoms with Crippen LogP contribution in [0.3, 0.4) is 0 Å². The van der Waals surface area contributed by atoms with Gasteiger partial charge in [0, 0.05) is 45.3 Å². The summed E-state index contributed by atoms with van der Waals surface area (Å²) in [5.41, 5.74) is 1.03. The third kappa shape index (κ3) is 4.46. The molecule has 0 spiro atoms. The summed E-state index contributed by atoms with van der Waals surface area (Å²) in [5.74, 6) is 0.239. The number of aromatic nitrogens is 2. The number of nitrogens with one attached hydrogen (secondary N) is 1. The molecule has 8 nitrogen and oxygen atoms in total. The summed E-state index contributed by atoms with van der Waals surface area (Å²) in [6.45, 7) is 6.21. The van der Waals surface area contributed by atoms with Crippen molar-refractivity contribution in [3.63, 3.8) is 0 Å². The lowest BCUT2D eigenvalue weighted by Gasteiger charge is -2.19. The highest BCUT2D eigenvalue weighted by Crippen LogP contribution is 2.30. The minimum Gasteiger partial charge on any atom is -0.350 e. The van der Waals surface area contributed by atoms with Crippen LogP contribution in [-0.2, 0) is 10.0 Å². The summed E-state index contributed by atoms with van der Waals surface area (Å²) in [7, 11) is 0.419. The predicted molar refractivity (Wildman–Crippen MR) is 97.4 cm³/mol. The van der Waals surface area contributed by atoms with Gasteiger partial charge in [-0.25, -0.2) is 22.7 Å². The van der Waals surface area contributed by atoms with Gasteiger partial charge in [0.05, 0.1) is 17.0 Å². The van der Waals surface area contributed by atoms with Gasteiger partial charge < -0.3 is 10.2 Å². The minimum atomic E-state index is -3.24. The van der Waals surface area contributed by atoms with Gasteiger partial charge in [-0.1, -0.05) is 0 Å². The first-order chi connectivity index (χ1) is 11.7. The topological polar surface area (TPSA) is 95.5 Å². The number of hydrogen-bond acceptors (Lipinski definition) is 6. The zero-order valence-corrected chi connectivity index (χ0v) is 16.3. The maximum Gasteiger partial charge on any atom is 0.254 e.